The van der Waals surface area contributed by atoms with Crippen molar-refractivity contribution in [2.45, 2.75) is 39.2 Å². The Balaban J connectivity index is 1.82. The molecule has 0 unspecified atom stereocenters. The number of amides is 1. The highest BCUT2D eigenvalue weighted by atomic mass is 16.2. The summed E-state index contributed by atoms with van der Waals surface area (Å²) >= 11 is 0. The van der Waals surface area contributed by atoms with Gasteiger partial charge in [-0.05, 0) is 43.4 Å². The second kappa shape index (κ2) is 6.13. The molecule has 114 valence electrons. The summed E-state index contributed by atoms with van der Waals surface area (Å²) in [6, 6.07) is 8.13. The fourth-order valence-corrected chi connectivity index (χ4v) is 2.35. The zero-order chi connectivity index (χ0) is 15.5. The van der Waals surface area contributed by atoms with Crippen molar-refractivity contribution < 1.29 is 4.79 Å². The standard InChI is InChI=1S/C17H20N4O/c1-3-12-6-4-5-11(2)15(12)21-17-18-10-9-14(20-17)16(22)19-13-7-8-13/h4-6,9-10,13H,3,7-8H2,1-2H3,(H,19,22)(H,18,20,21). The maximum atomic E-state index is 12.1. The van der Waals surface area contributed by atoms with Gasteiger partial charge in [0.15, 0.2) is 0 Å². The van der Waals surface area contributed by atoms with Gasteiger partial charge in [-0.25, -0.2) is 9.97 Å². The molecule has 0 spiro atoms. The molecule has 2 aromatic rings. The first-order valence-electron chi connectivity index (χ1n) is 7.67. The molecule has 0 atom stereocenters. The first-order chi connectivity index (χ1) is 10.7. The number of aromatic nitrogens is 2. The monoisotopic (exact) mass is 296 g/mol. The van der Waals surface area contributed by atoms with Gasteiger partial charge in [0.05, 0.1) is 0 Å². The summed E-state index contributed by atoms with van der Waals surface area (Å²) < 4.78 is 0. The van der Waals surface area contributed by atoms with E-state index in [1.54, 1.807) is 12.3 Å². The first-order valence-corrected chi connectivity index (χ1v) is 7.67. The second-order valence-electron chi connectivity index (χ2n) is 5.60. The zero-order valence-electron chi connectivity index (χ0n) is 12.9. The fourth-order valence-electron chi connectivity index (χ4n) is 2.35. The van der Waals surface area contributed by atoms with Crippen LogP contribution in [0.15, 0.2) is 30.5 Å². The first kappa shape index (κ1) is 14.5. The van der Waals surface area contributed by atoms with E-state index in [-0.39, 0.29) is 5.91 Å². The maximum absolute atomic E-state index is 12.1. The van der Waals surface area contributed by atoms with Gasteiger partial charge < -0.3 is 10.6 Å². The van der Waals surface area contributed by atoms with E-state index in [2.05, 4.69) is 33.6 Å². The van der Waals surface area contributed by atoms with Gasteiger partial charge in [0.2, 0.25) is 5.95 Å². The average Bonchev–Trinajstić information content (AvgIpc) is 3.33. The third kappa shape index (κ3) is 3.24. The van der Waals surface area contributed by atoms with Crippen molar-refractivity contribution in [3.8, 4) is 0 Å². The van der Waals surface area contributed by atoms with Crippen LogP contribution in [0, 0.1) is 6.92 Å². The smallest absolute Gasteiger partial charge is 0.270 e. The summed E-state index contributed by atoms with van der Waals surface area (Å²) in [6.45, 7) is 4.16. The highest BCUT2D eigenvalue weighted by molar-refractivity contribution is 5.92. The third-order valence-corrected chi connectivity index (χ3v) is 3.78. The molecule has 3 rings (SSSR count). The summed E-state index contributed by atoms with van der Waals surface area (Å²) in [4.78, 5) is 20.6. The summed E-state index contributed by atoms with van der Waals surface area (Å²) in [5.74, 6) is 0.320. The summed E-state index contributed by atoms with van der Waals surface area (Å²) in [6.07, 6.45) is 4.66. The van der Waals surface area contributed by atoms with Gasteiger partial charge in [-0.2, -0.15) is 0 Å². The second-order valence-corrected chi connectivity index (χ2v) is 5.60. The number of nitrogens with one attached hydrogen (secondary N) is 2. The molecule has 5 nitrogen and oxygen atoms in total. The summed E-state index contributed by atoms with van der Waals surface area (Å²) in [7, 11) is 0. The normalized spacial score (nSPS) is 13.7. The van der Waals surface area contributed by atoms with Crippen LogP contribution >= 0.6 is 0 Å². The summed E-state index contributed by atoms with van der Waals surface area (Å²) in [5.41, 5.74) is 3.76. The quantitative estimate of drug-likeness (QED) is 0.890. The lowest BCUT2D eigenvalue weighted by Crippen LogP contribution is -2.26. The number of hydrogen-bond acceptors (Lipinski definition) is 4. The molecule has 1 aromatic carbocycles. The van der Waals surface area contributed by atoms with Crippen molar-refractivity contribution >= 4 is 17.5 Å². The highest BCUT2D eigenvalue weighted by Gasteiger charge is 2.24. The van der Waals surface area contributed by atoms with Crippen LogP contribution in [0.5, 0.6) is 0 Å². The molecule has 0 saturated heterocycles. The Morgan fingerprint density at radius 1 is 1.32 bits per heavy atom. The van der Waals surface area contributed by atoms with Crippen molar-refractivity contribution in [3.05, 3.63) is 47.3 Å². The van der Waals surface area contributed by atoms with E-state index in [1.807, 2.05) is 19.1 Å². The van der Waals surface area contributed by atoms with Crippen LogP contribution in [-0.4, -0.2) is 21.9 Å². The molecule has 1 aliphatic rings. The minimum Gasteiger partial charge on any atom is -0.348 e. The SMILES string of the molecule is CCc1cccc(C)c1Nc1nccc(C(=O)NC2CC2)n1. The Bertz CT molecular complexity index is 695. The Hall–Kier alpha value is -2.43. The van der Waals surface area contributed by atoms with Crippen molar-refractivity contribution in [1.29, 1.82) is 0 Å². The lowest BCUT2D eigenvalue weighted by atomic mass is 10.1. The van der Waals surface area contributed by atoms with E-state index >= 15 is 0 Å². The topological polar surface area (TPSA) is 66.9 Å². The number of para-hydroxylation sites is 1. The minimum absolute atomic E-state index is 0.131. The Morgan fingerprint density at radius 2 is 2.14 bits per heavy atom. The predicted octanol–water partition coefficient (Wildman–Crippen LogP) is 2.98. The number of hydrogen-bond donors (Lipinski definition) is 2. The molecule has 1 aliphatic carbocycles. The van der Waals surface area contributed by atoms with E-state index < -0.39 is 0 Å². The molecule has 2 N–H and O–H groups in total. The van der Waals surface area contributed by atoms with Crippen LogP contribution in [0.25, 0.3) is 0 Å². The van der Waals surface area contributed by atoms with E-state index in [0.717, 1.165) is 30.5 Å². The molecule has 1 fully saturated rings. The lowest BCUT2D eigenvalue weighted by Gasteiger charge is -2.13. The number of benzene rings is 1. The molecule has 0 aliphatic heterocycles. The Labute approximate surface area is 130 Å². The van der Waals surface area contributed by atoms with Crippen molar-refractivity contribution in [3.63, 3.8) is 0 Å². The Kier molecular flexibility index (Phi) is 4.04. The Morgan fingerprint density at radius 3 is 2.86 bits per heavy atom. The van der Waals surface area contributed by atoms with Crippen LogP contribution in [0.2, 0.25) is 0 Å². The van der Waals surface area contributed by atoms with E-state index in [0.29, 0.717) is 17.7 Å². The molecule has 22 heavy (non-hydrogen) atoms. The van der Waals surface area contributed by atoms with Crippen LogP contribution in [-0.2, 0) is 6.42 Å². The van der Waals surface area contributed by atoms with Gasteiger partial charge in [-0.1, -0.05) is 25.1 Å². The molecule has 0 radical (unpaired) electrons. The van der Waals surface area contributed by atoms with Gasteiger partial charge in [0.1, 0.15) is 5.69 Å². The molecule has 0 bridgehead atoms. The lowest BCUT2D eigenvalue weighted by molar-refractivity contribution is 0.0946. The van der Waals surface area contributed by atoms with Crippen molar-refractivity contribution in [2.75, 3.05) is 5.32 Å². The van der Waals surface area contributed by atoms with Gasteiger partial charge in [0.25, 0.3) is 5.91 Å². The zero-order valence-corrected chi connectivity index (χ0v) is 12.9. The number of carbonyl (C=O) groups excluding carboxylic acids is 1. The predicted molar refractivity (Wildman–Crippen MR) is 86.4 cm³/mol. The molecule has 5 heteroatoms. The van der Waals surface area contributed by atoms with Crippen LogP contribution < -0.4 is 10.6 Å². The van der Waals surface area contributed by atoms with Gasteiger partial charge in [0, 0.05) is 17.9 Å². The number of carbonyl (C=O) groups is 1. The van der Waals surface area contributed by atoms with Gasteiger partial charge >= 0.3 is 0 Å². The maximum Gasteiger partial charge on any atom is 0.270 e. The number of anilines is 2. The van der Waals surface area contributed by atoms with Crippen LogP contribution in [0.4, 0.5) is 11.6 Å². The minimum atomic E-state index is -0.131. The largest absolute Gasteiger partial charge is 0.348 e. The van der Waals surface area contributed by atoms with Crippen molar-refractivity contribution in [2.24, 2.45) is 0 Å². The van der Waals surface area contributed by atoms with E-state index in [1.165, 1.54) is 5.56 Å². The van der Waals surface area contributed by atoms with Crippen molar-refractivity contribution in [1.82, 2.24) is 15.3 Å². The third-order valence-electron chi connectivity index (χ3n) is 3.78. The molecule has 1 heterocycles. The number of rotatable bonds is 5. The van der Waals surface area contributed by atoms with Gasteiger partial charge in [-0.3, -0.25) is 4.79 Å². The van der Waals surface area contributed by atoms with E-state index in [4.69, 9.17) is 0 Å². The average molecular weight is 296 g/mol. The fraction of sp³-hybridized carbons (Fsp3) is 0.353. The number of aryl methyl sites for hydroxylation is 2. The van der Waals surface area contributed by atoms with Gasteiger partial charge in [-0.15, -0.1) is 0 Å². The molecular formula is C17H20N4O. The highest BCUT2D eigenvalue weighted by Crippen LogP contribution is 2.24. The summed E-state index contributed by atoms with van der Waals surface area (Å²) in [5, 5.41) is 6.19. The molecule has 1 saturated carbocycles. The van der Waals surface area contributed by atoms with Crippen LogP contribution in [0.3, 0.4) is 0 Å². The molecular weight excluding hydrogens is 276 g/mol. The molecule has 1 amide bonds. The van der Waals surface area contributed by atoms with E-state index in [9.17, 15) is 4.79 Å². The van der Waals surface area contributed by atoms with Crippen LogP contribution in [0.1, 0.15) is 41.4 Å². The number of nitrogens with zero attached hydrogens (tertiary/aromatic N) is 2. The molecule has 1 aromatic heterocycles.